The number of hydrogen-bond donors (Lipinski definition) is 1. The molecule has 152 valence electrons. The second-order valence-electron chi connectivity index (χ2n) is 7.14. The van der Waals surface area contributed by atoms with Crippen LogP contribution in [0.25, 0.3) is 16.9 Å². The molecule has 0 aliphatic heterocycles. The lowest BCUT2D eigenvalue weighted by atomic mass is 10.0. The van der Waals surface area contributed by atoms with Gasteiger partial charge in [-0.05, 0) is 43.7 Å². The van der Waals surface area contributed by atoms with Crippen molar-refractivity contribution in [2.24, 2.45) is 0 Å². The van der Waals surface area contributed by atoms with Crippen LogP contribution in [0, 0.1) is 0 Å². The molecule has 4 aromatic rings. The molecule has 0 saturated heterocycles. The van der Waals surface area contributed by atoms with E-state index >= 15 is 0 Å². The Morgan fingerprint density at radius 1 is 1.07 bits per heavy atom. The van der Waals surface area contributed by atoms with Crippen LogP contribution >= 0.6 is 0 Å². The minimum absolute atomic E-state index is 0.0652. The first-order valence-electron chi connectivity index (χ1n) is 9.77. The SMILES string of the molecule is COc1ccc(-c2cc3nc([C@@H](C)NC(=O)[C@H](C)c4ccccc4)nn3cn2)cc1. The summed E-state index contributed by atoms with van der Waals surface area (Å²) in [5.74, 6) is 1.01. The van der Waals surface area contributed by atoms with Crippen LogP contribution in [0.4, 0.5) is 0 Å². The third kappa shape index (κ3) is 4.00. The maximum Gasteiger partial charge on any atom is 0.227 e. The van der Waals surface area contributed by atoms with Gasteiger partial charge in [0.25, 0.3) is 0 Å². The Kier molecular flexibility index (Phi) is 5.43. The lowest BCUT2D eigenvalue weighted by Gasteiger charge is -2.15. The standard InChI is InChI=1S/C23H23N5O2/c1-15(17-7-5-4-6-8-17)23(29)25-16(2)22-26-21-13-20(24-14-28(21)27-22)18-9-11-19(30-3)12-10-18/h4-16H,1-3H3,(H,25,29)/t15-,16-/m1/s1. The number of carbonyl (C=O) groups excluding carboxylic acids is 1. The molecule has 2 aromatic heterocycles. The summed E-state index contributed by atoms with van der Waals surface area (Å²) in [5.41, 5.74) is 3.39. The second kappa shape index (κ2) is 8.32. The van der Waals surface area contributed by atoms with Gasteiger partial charge in [-0.3, -0.25) is 4.79 Å². The van der Waals surface area contributed by atoms with Crippen LogP contribution in [0.3, 0.4) is 0 Å². The number of amides is 1. The van der Waals surface area contributed by atoms with Gasteiger partial charge >= 0.3 is 0 Å². The molecular formula is C23H23N5O2. The van der Waals surface area contributed by atoms with E-state index in [2.05, 4.69) is 20.4 Å². The molecule has 0 radical (unpaired) electrons. The lowest BCUT2D eigenvalue weighted by molar-refractivity contribution is -0.122. The number of rotatable bonds is 6. The fourth-order valence-electron chi connectivity index (χ4n) is 3.21. The molecular weight excluding hydrogens is 378 g/mol. The predicted molar refractivity (Wildman–Crippen MR) is 114 cm³/mol. The number of benzene rings is 2. The van der Waals surface area contributed by atoms with Gasteiger partial charge in [0.2, 0.25) is 5.91 Å². The molecule has 2 atom stereocenters. The molecule has 2 heterocycles. The fraction of sp³-hybridized carbons (Fsp3) is 0.217. The number of ether oxygens (including phenoxy) is 1. The average molecular weight is 401 g/mol. The molecule has 7 heteroatoms. The van der Waals surface area contributed by atoms with E-state index in [1.54, 1.807) is 18.0 Å². The average Bonchev–Trinajstić information content (AvgIpc) is 3.23. The summed E-state index contributed by atoms with van der Waals surface area (Å²) in [4.78, 5) is 21.7. The van der Waals surface area contributed by atoms with Crippen LogP contribution in [0.2, 0.25) is 0 Å². The summed E-state index contributed by atoms with van der Waals surface area (Å²) in [6.45, 7) is 3.77. The maximum atomic E-state index is 12.6. The van der Waals surface area contributed by atoms with Crippen molar-refractivity contribution in [2.75, 3.05) is 7.11 Å². The molecule has 30 heavy (non-hydrogen) atoms. The van der Waals surface area contributed by atoms with Crippen molar-refractivity contribution in [3.63, 3.8) is 0 Å². The number of nitrogens with one attached hydrogen (secondary N) is 1. The first-order valence-corrected chi connectivity index (χ1v) is 9.77. The van der Waals surface area contributed by atoms with Gasteiger partial charge in [-0.15, -0.1) is 5.10 Å². The van der Waals surface area contributed by atoms with E-state index in [0.717, 1.165) is 22.6 Å². The van der Waals surface area contributed by atoms with Gasteiger partial charge in [-0.1, -0.05) is 30.3 Å². The van der Waals surface area contributed by atoms with Crippen LogP contribution in [0.1, 0.15) is 37.2 Å². The number of aromatic nitrogens is 4. The first-order chi connectivity index (χ1) is 14.5. The van der Waals surface area contributed by atoms with Crippen LogP contribution < -0.4 is 10.1 Å². The van der Waals surface area contributed by atoms with E-state index in [1.165, 1.54) is 0 Å². The zero-order chi connectivity index (χ0) is 21.1. The number of methoxy groups -OCH3 is 1. The molecule has 0 saturated carbocycles. The predicted octanol–water partition coefficient (Wildman–Crippen LogP) is 3.78. The highest BCUT2D eigenvalue weighted by molar-refractivity contribution is 5.83. The molecule has 0 aliphatic carbocycles. The highest BCUT2D eigenvalue weighted by Crippen LogP contribution is 2.22. The highest BCUT2D eigenvalue weighted by Gasteiger charge is 2.20. The zero-order valence-electron chi connectivity index (χ0n) is 17.1. The largest absolute Gasteiger partial charge is 0.497 e. The van der Waals surface area contributed by atoms with Gasteiger partial charge in [0, 0.05) is 11.6 Å². The van der Waals surface area contributed by atoms with E-state index in [1.807, 2.05) is 74.5 Å². The van der Waals surface area contributed by atoms with E-state index in [-0.39, 0.29) is 17.9 Å². The molecule has 1 N–H and O–H groups in total. The van der Waals surface area contributed by atoms with Crippen molar-refractivity contribution in [1.29, 1.82) is 0 Å². The quantitative estimate of drug-likeness (QED) is 0.532. The smallest absolute Gasteiger partial charge is 0.227 e. The summed E-state index contributed by atoms with van der Waals surface area (Å²) >= 11 is 0. The van der Waals surface area contributed by atoms with Gasteiger partial charge in [0.1, 0.15) is 12.1 Å². The van der Waals surface area contributed by atoms with Crippen molar-refractivity contribution in [3.05, 3.63) is 78.4 Å². The lowest BCUT2D eigenvalue weighted by Crippen LogP contribution is -2.31. The van der Waals surface area contributed by atoms with Crippen molar-refractivity contribution in [2.45, 2.75) is 25.8 Å². The third-order valence-corrected chi connectivity index (χ3v) is 5.07. The molecule has 7 nitrogen and oxygen atoms in total. The van der Waals surface area contributed by atoms with Gasteiger partial charge in [0.05, 0.1) is 24.8 Å². The Morgan fingerprint density at radius 3 is 2.50 bits per heavy atom. The summed E-state index contributed by atoms with van der Waals surface area (Å²) in [6, 6.07) is 18.9. The Morgan fingerprint density at radius 2 is 1.80 bits per heavy atom. The first kappa shape index (κ1) is 19.6. The molecule has 2 aromatic carbocycles. The normalized spacial score (nSPS) is 13.0. The topological polar surface area (TPSA) is 81.4 Å². The number of nitrogens with zero attached hydrogens (tertiary/aromatic N) is 4. The summed E-state index contributed by atoms with van der Waals surface area (Å²) in [5, 5.41) is 7.47. The van der Waals surface area contributed by atoms with Crippen molar-refractivity contribution >= 4 is 11.6 Å². The maximum absolute atomic E-state index is 12.6. The molecule has 0 fully saturated rings. The Hall–Kier alpha value is -3.74. The Labute approximate surface area is 174 Å². The Bertz CT molecular complexity index is 1160. The second-order valence-corrected chi connectivity index (χ2v) is 7.14. The van der Waals surface area contributed by atoms with E-state index in [9.17, 15) is 4.79 Å². The molecule has 0 unspecified atom stereocenters. The van der Waals surface area contributed by atoms with Crippen LogP contribution in [-0.2, 0) is 4.79 Å². The van der Waals surface area contributed by atoms with Crippen LogP contribution in [-0.4, -0.2) is 32.6 Å². The third-order valence-electron chi connectivity index (χ3n) is 5.07. The minimum atomic E-state index is -0.326. The van der Waals surface area contributed by atoms with Crippen LogP contribution in [0.15, 0.2) is 67.0 Å². The molecule has 4 rings (SSSR count). The van der Waals surface area contributed by atoms with Gasteiger partial charge < -0.3 is 10.1 Å². The van der Waals surface area contributed by atoms with Gasteiger partial charge in [0.15, 0.2) is 11.5 Å². The van der Waals surface area contributed by atoms with E-state index in [0.29, 0.717) is 11.5 Å². The van der Waals surface area contributed by atoms with Crippen molar-refractivity contribution in [1.82, 2.24) is 24.9 Å². The summed E-state index contributed by atoms with van der Waals surface area (Å²) < 4.78 is 6.82. The number of carbonyl (C=O) groups is 1. The van der Waals surface area contributed by atoms with Crippen molar-refractivity contribution in [3.8, 4) is 17.0 Å². The molecule has 0 bridgehead atoms. The molecule has 1 amide bonds. The molecule has 0 spiro atoms. The summed E-state index contributed by atoms with van der Waals surface area (Å²) in [7, 11) is 1.64. The van der Waals surface area contributed by atoms with E-state index in [4.69, 9.17) is 4.74 Å². The molecule has 0 aliphatic rings. The minimum Gasteiger partial charge on any atom is -0.497 e. The Balaban J connectivity index is 1.52. The van der Waals surface area contributed by atoms with Gasteiger partial charge in [-0.25, -0.2) is 14.5 Å². The summed E-state index contributed by atoms with van der Waals surface area (Å²) in [6.07, 6.45) is 1.63. The highest BCUT2D eigenvalue weighted by atomic mass is 16.5. The van der Waals surface area contributed by atoms with E-state index < -0.39 is 0 Å². The van der Waals surface area contributed by atoms with Gasteiger partial charge in [-0.2, -0.15) is 0 Å². The number of hydrogen-bond acceptors (Lipinski definition) is 5. The fourth-order valence-corrected chi connectivity index (χ4v) is 3.21. The monoisotopic (exact) mass is 401 g/mol. The van der Waals surface area contributed by atoms with Crippen LogP contribution in [0.5, 0.6) is 5.75 Å². The van der Waals surface area contributed by atoms with Crippen molar-refractivity contribution < 1.29 is 9.53 Å². The zero-order valence-corrected chi connectivity index (χ0v) is 17.1. The number of fused-ring (bicyclic) bond motifs is 1.